The van der Waals surface area contributed by atoms with Gasteiger partial charge in [-0.25, -0.2) is 0 Å². The van der Waals surface area contributed by atoms with E-state index in [9.17, 15) is 5.11 Å². The van der Waals surface area contributed by atoms with E-state index in [-0.39, 0.29) is 0 Å². The van der Waals surface area contributed by atoms with E-state index in [1.165, 1.54) is 11.1 Å². The molecule has 27 heavy (non-hydrogen) atoms. The van der Waals surface area contributed by atoms with Crippen LogP contribution in [0.4, 0.5) is 0 Å². The molecule has 0 bridgehead atoms. The molecule has 0 aromatic heterocycles. The molecule has 0 amide bonds. The third-order valence-corrected chi connectivity index (χ3v) is 5.20. The maximum absolute atomic E-state index is 11.0. The monoisotopic (exact) mass is 362 g/mol. The Labute approximate surface area is 162 Å². The second kappa shape index (κ2) is 9.65. The van der Waals surface area contributed by atoms with Crippen molar-refractivity contribution in [3.8, 4) is 0 Å². The molecule has 2 aromatic carbocycles. The van der Waals surface area contributed by atoms with Gasteiger partial charge >= 0.3 is 0 Å². The summed E-state index contributed by atoms with van der Waals surface area (Å²) in [5, 5.41) is 18.1. The fourth-order valence-corrected chi connectivity index (χ4v) is 3.53. The molecule has 3 unspecified atom stereocenters. The summed E-state index contributed by atoms with van der Waals surface area (Å²) in [5.74, 6) is 0. The van der Waals surface area contributed by atoms with Crippen molar-refractivity contribution in [2.24, 2.45) is 0 Å². The smallest absolute Gasteiger partial charge is 0.0884 e. The minimum atomic E-state index is -0.513. The van der Waals surface area contributed by atoms with E-state index in [0.717, 1.165) is 19.4 Å². The van der Waals surface area contributed by atoms with Crippen LogP contribution in [0.15, 0.2) is 85.0 Å². The van der Waals surface area contributed by atoms with Crippen LogP contribution in [0.3, 0.4) is 0 Å². The minimum Gasteiger partial charge on any atom is -0.390 e. The Morgan fingerprint density at radius 1 is 0.963 bits per heavy atom. The standard InChI is InChI=1S/C24H30N2O/c1-20(17-21-11-5-2-6-12-21)25-19-23(27)24(15-9-4-10-16-24)26-18-22-13-7-3-8-14-22/h2-15,20,23,25-27H,16-19H2,1H3. The van der Waals surface area contributed by atoms with Crippen molar-refractivity contribution in [3.63, 3.8) is 0 Å². The number of benzene rings is 2. The van der Waals surface area contributed by atoms with Crippen molar-refractivity contribution in [2.75, 3.05) is 6.54 Å². The zero-order valence-corrected chi connectivity index (χ0v) is 16.0. The average molecular weight is 363 g/mol. The summed E-state index contributed by atoms with van der Waals surface area (Å²) in [6.07, 6.45) is 9.51. The van der Waals surface area contributed by atoms with Crippen LogP contribution in [0.25, 0.3) is 0 Å². The third kappa shape index (κ3) is 5.64. The van der Waals surface area contributed by atoms with E-state index in [1.54, 1.807) is 0 Å². The summed E-state index contributed by atoms with van der Waals surface area (Å²) >= 11 is 0. The molecule has 3 N–H and O–H groups in total. The number of nitrogens with one attached hydrogen (secondary N) is 2. The Morgan fingerprint density at radius 3 is 2.26 bits per heavy atom. The predicted octanol–water partition coefficient (Wildman–Crippen LogP) is 3.61. The molecular weight excluding hydrogens is 332 g/mol. The van der Waals surface area contributed by atoms with Gasteiger partial charge in [0.15, 0.2) is 0 Å². The topological polar surface area (TPSA) is 44.3 Å². The third-order valence-electron chi connectivity index (χ3n) is 5.20. The molecule has 3 rings (SSSR count). The fraction of sp³-hybridized carbons (Fsp3) is 0.333. The number of allylic oxidation sites excluding steroid dienone is 2. The van der Waals surface area contributed by atoms with Crippen LogP contribution in [-0.2, 0) is 13.0 Å². The zero-order valence-electron chi connectivity index (χ0n) is 16.0. The quantitative estimate of drug-likeness (QED) is 0.638. The average Bonchev–Trinajstić information content (AvgIpc) is 2.73. The molecule has 3 nitrogen and oxygen atoms in total. The maximum atomic E-state index is 11.0. The summed E-state index contributed by atoms with van der Waals surface area (Å²) in [6.45, 7) is 3.45. The lowest BCUT2D eigenvalue weighted by Crippen LogP contribution is -2.57. The Balaban J connectivity index is 1.57. The molecule has 3 atom stereocenters. The second-order valence-corrected chi connectivity index (χ2v) is 7.39. The van der Waals surface area contributed by atoms with Crippen LogP contribution in [0.1, 0.15) is 24.5 Å². The van der Waals surface area contributed by atoms with Crippen molar-refractivity contribution >= 4 is 0 Å². The Bertz CT molecular complexity index is 741. The van der Waals surface area contributed by atoms with Crippen molar-refractivity contribution in [3.05, 3.63) is 96.1 Å². The molecule has 142 valence electrons. The fourth-order valence-electron chi connectivity index (χ4n) is 3.53. The summed E-state index contributed by atoms with van der Waals surface area (Å²) in [5.41, 5.74) is 2.09. The lowest BCUT2D eigenvalue weighted by molar-refractivity contribution is 0.0831. The molecule has 0 fully saturated rings. The van der Waals surface area contributed by atoms with Crippen LogP contribution < -0.4 is 10.6 Å². The zero-order chi connectivity index (χ0) is 19.0. The van der Waals surface area contributed by atoms with Crippen molar-refractivity contribution in [2.45, 2.75) is 44.0 Å². The van der Waals surface area contributed by atoms with Gasteiger partial charge in [-0.2, -0.15) is 0 Å². The number of hydrogen-bond donors (Lipinski definition) is 3. The largest absolute Gasteiger partial charge is 0.390 e. The highest BCUT2D eigenvalue weighted by Gasteiger charge is 2.34. The molecule has 0 spiro atoms. The van der Waals surface area contributed by atoms with Gasteiger partial charge in [0, 0.05) is 19.1 Å². The molecule has 1 aliphatic rings. The van der Waals surface area contributed by atoms with Crippen molar-refractivity contribution in [1.29, 1.82) is 0 Å². The van der Waals surface area contributed by atoms with Gasteiger partial charge in [0.1, 0.15) is 0 Å². The van der Waals surface area contributed by atoms with E-state index in [1.807, 2.05) is 36.4 Å². The second-order valence-electron chi connectivity index (χ2n) is 7.39. The normalized spacial score (nSPS) is 21.1. The first-order valence-corrected chi connectivity index (χ1v) is 9.77. The number of aliphatic hydroxyl groups is 1. The molecular formula is C24H30N2O. The van der Waals surface area contributed by atoms with Crippen LogP contribution >= 0.6 is 0 Å². The molecule has 0 saturated heterocycles. The SMILES string of the molecule is CC(Cc1ccccc1)NCC(O)C1(NCc2ccccc2)C=CC=CC1. The molecule has 0 aliphatic heterocycles. The summed E-state index contributed by atoms with van der Waals surface area (Å²) < 4.78 is 0. The molecule has 0 radical (unpaired) electrons. The van der Waals surface area contributed by atoms with Crippen LogP contribution in [0.2, 0.25) is 0 Å². The van der Waals surface area contributed by atoms with E-state index >= 15 is 0 Å². The van der Waals surface area contributed by atoms with Crippen LogP contribution in [-0.4, -0.2) is 29.3 Å². The van der Waals surface area contributed by atoms with E-state index in [4.69, 9.17) is 0 Å². The van der Waals surface area contributed by atoms with Gasteiger partial charge in [-0.15, -0.1) is 0 Å². The van der Waals surface area contributed by atoms with Gasteiger partial charge in [-0.05, 0) is 30.9 Å². The minimum absolute atomic E-state index is 0.302. The van der Waals surface area contributed by atoms with Crippen LogP contribution in [0.5, 0.6) is 0 Å². The van der Waals surface area contributed by atoms with Crippen molar-refractivity contribution < 1.29 is 5.11 Å². The lowest BCUT2D eigenvalue weighted by Gasteiger charge is -2.38. The van der Waals surface area contributed by atoms with Crippen molar-refractivity contribution in [1.82, 2.24) is 10.6 Å². The van der Waals surface area contributed by atoms with E-state index in [0.29, 0.717) is 12.6 Å². The molecule has 0 saturated carbocycles. The Hall–Kier alpha value is -2.20. The first-order valence-electron chi connectivity index (χ1n) is 9.77. The Morgan fingerprint density at radius 2 is 1.63 bits per heavy atom. The summed E-state index contributed by atoms with van der Waals surface area (Å²) in [6, 6.07) is 21.1. The number of rotatable bonds is 9. The predicted molar refractivity (Wildman–Crippen MR) is 113 cm³/mol. The highest BCUT2D eigenvalue weighted by atomic mass is 16.3. The molecule has 2 aromatic rings. The van der Waals surface area contributed by atoms with Gasteiger partial charge in [0.25, 0.3) is 0 Å². The summed E-state index contributed by atoms with van der Waals surface area (Å²) in [7, 11) is 0. The Kier molecular flexibility index (Phi) is 6.99. The van der Waals surface area contributed by atoms with E-state index in [2.05, 4.69) is 66.1 Å². The van der Waals surface area contributed by atoms with Crippen LogP contribution in [0, 0.1) is 0 Å². The first-order chi connectivity index (χ1) is 13.2. The van der Waals surface area contributed by atoms with Gasteiger partial charge < -0.3 is 15.7 Å². The maximum Gasteiger partial charge on any atom is 0.0884 e. The van der Waals surface area contributed by atoms with E-state index < -0.39 is 11.6 Å². The highest BCUT2D eigenvalue weighted by molar-refractivity contribution is 5.25. The summed E-state index contributed by atoms with van der Waals surface area (Å²) in [4.78, 5) is 0. The highest BCUT2D eigenvalue weighted by Crippen LogP contribution is 2.23. The molecule has 0 heterocycles. The van der Waals surface area contributed by atoms with Gasteiger partial charge in [-0.3, -0.25) is 0 Å². The van der Waals surface area contributed by atoms with Gasteiger partial charge in [0.2, 0.25) is 0 Å². The van der Waals surface area contributed by atoms with Gasteiger partial charge in [0.05, 0.1) is 11.6 Å². The molecule has 1 aliphatic carbocycles. The lowest BCUT2D eigenvalue weighted by atomic mass is 9.84. The van der Waals surface area contributed by atoms with Gasteiger partial charge in [-0.1, -0.05) is 85.0 Å². The molecule has 3 heteroatoms. The number of aliphatic hydroxyl groups excluding tert-OH is 1. The number of hydrogen-bond acceptors (Lipinski definition) is 3. The first kappa shape index (κ1) is 19.6.